The van der Waals surface area contributed by atoms with E-state index in [9.17, 15) is 4.79 Å². The lowest BCUT2D eigenvalue weighted by atomic mass is 10.2. The van der Waals surface area contributed by atoms with Crippen LogP contribution in [0.25, 0.3) is 0 Å². The summed E-state index contributed by atoms with van der Waals surface area (Å²) in [7, 11) is 0. The van der Waals surface area contributed by atoms with Crippen molar-refractivity contribution in [3.05, 3.63) is 50.6 Å². The molecule has 5 heteroatoms. The standard InChI is InChI=1S/C13H11Cl2NOS/c14-9-6-10(15)8-11(7-9)16-13(17)4-3-12-2-1-5-18-12/h1-2,5-8H,3-4H2,(H,16,17). The zero-order valence-corrected chi connectivity index (χ0v) is 11.8. The maximum atomic E-state index is 11.7. The molecule has 1 amide bonds. The fourth-order valence-corrected chi connectivity index (χ4v) is 2.78. The predicted molar refractivity (Wildman–Crippen MR) is 77.7 cm³/mol. The monoisotopic (exact) mass is 299 g/mol. The van der Waals surface area contributed by atoms with E-state index in [0.29, 0.717) is 22.2 Å². The molecular weight excluding hydrogens is 289 g/mol. The van der Waals surface area contributed by atoms with Gasteiger partial charge in [0.15, 0.2) is 0 Å². The van der Waals surface area contributed by atoms with Crippen molar-refractivity contribution in [2.45, 2.75) is 12.8 Å². The van der Waals surface area contributed by atoms with E-state index in [2.05, 4.69) is 5.32 Å². The number of carbonyl (C=O) groups excluding carboxylic acids is 1. The van der Waals surface area contributed by atoms with Gasteiger partial charge in [-0.25, -0.2) is 0 Å². The molecule has 0 saturated heterocycles. The van der Waals surface area contributed by atoms with E-state index in [1.165, 1.54) is 4.88 Å². The first kappa shape index (κ1) is 13.4. The van der Waals surface area contributed by atoms with Crippen LogP contribution >= 0.6 is 34.5 Å². The van der Waals surface area contributed by atoms with Crippen LogP contribution in [-0.4, -0.2) is 5.91 Å². The van der Waals surface area contributed by atoms with Crippen LogP contribution in [0.15, 0.2) is 35.7 Å². The Balaban J connectivity index is 1.90. The Kier molecular flexibility index (Phi) is 4.64. The highest BCUT2D eigenvalue weighted by atomic mass is 35.5. The van der Waals surface area contributed by atoms with E-state index in [4.69, 9.17) is 23.2 Å². The third kappa shape index (κ3) is 4.02. The zero-order valence-electron chi connectivity index (χ0n) is 9.45. The van der Waals surface area contributed by atoms with Crippen LogP contribution in [-0.2, 0) is 11.2 Å². The first-order chi connectivity index (χ1) is 8.63. The first-order valence-electron chi connectivity index (χ1n) is 5.42. The van der Waals surface area contributed by atoms with Gasteiger partial charge in [-0.15, -0.1) is 11.3 Å². The number of hydrogen-bond donors (Lipinski definition) is 1. The highest BCUT2D eigenvalue weighted by molar-refractivity contribution is 7.09. The van der Waals surface area contributed by atoms with Gasteiger partial charge >= 0.3 is 0 Å². The molecule has 1 N–H and O–H groups in total. The Hall–Kier alpha value is -1.03. The summed E-state index contributed by atoms with van der Waals surface area (Å²) >= 11 is 13.4. The molecule has 0 unspecified atom stereocenters. The minimum atomic E-state index is -0.0401. The summed E-state index contributed by atoms with van der Waals surface area (Å²) in [4.78, 5) is 12.9. The molecule has 1 aromatic heterocycles. The third-order valence-corrected chi connectivity index (χ3v) is 3.70. The Morgan fingerprint density at radius 2 is 1.94 bits per heavy atom. The lowest BCUT2D eigenvalue weighted by Gasteiger charge is -2.05. The molecule has 2 nitrogen and oxygen atoms in total. The zero-order chi connectivity index (χ0) is 13.0. The second-order valence-electron chi connectivity index (χ2n) is 3.79. The minimum Gasteiger partial charge on any atom is -0.326 e. The fourth-order valence-electron chi connectivity index (χ4n) is 1.54. The maximum Gasteiger partial charge on any atom is 0.224 e. The number of hydrogen-bond acceptors (Lipinski definition) is 2. The Morgan fingerprint density at radius 1 is 1.22 bits per heavy atom. The fraction of sp³-hybridized carbons (Fsp3) is 0.154. The summed E-state index contributed by atoms with van der Waals surface area (Å²) in [6, 6.07) is 8.99. The van der Waals surface area contributed by atoms with Crippen molar-refractivity contribution in [1.82, 2.24) is 0 Å². The molecule has 0 saturated carbocycles. The lowest BCUT2D eigenvalue weighted by Crippen LogP contribution is -2.12. The van der Waals surface area contributed by atoms with Crippen LogP contribution in [0.1, 0.15) is 11.3 Å². The number of rotatable bonds is 4. The largest absolute Gasteiger partial charge is 0.326 e. The van der Waals surface area contributed by atoms with Gasteiger partial charge in [0.1, 0.15) is 0 Å². The van der Waals surface area contributed by atoms with E-state index in [-0.39, 0.29) is 5.91 Å². The number of thiophene rings is 1. The molecule has 1 aromatic carbocycles. The number of anilines is 1. The molecule has 0 fully saturated rings. The van der Waals surface area contributed by atoms with Gasteiger partial charge in [-0.1, -0.05) is 29.3 Å². The summed E-state index contributed by atoms with van der Waals surface area (Å²) in [5.41, 5.74) is 0.628. The molecule has 0 spiro atoms. The van der Waals surface area contributed by atoms with Crippen LogP contribution < -0.4 is 5.32 Å². The third-order valence-electron chi connectivity index (χ3n) is 2.32. The molecule has 0 aliphatic rings. The van der Waals surface area contributed by atoms with E-state index in [1.807, 2.05) is 17.5 Å². The summed E-state index contributed by atoms with van der Waals surface area (Å²) in [5.74, 6) is -0.0401. The summed E-state index contributed by atoms with van der Waals surface area (Å²) in [5, 5.41) is 5.81. The number of carbonyl (C=O) groups is 1. The molecule has 0 aliphatic heterocycles. The molecule has 94 valence electrons. The Morgan fingerprint density at radius 3 is 2.56 bits per heavy atom. The summed E-state index contributed by atoms with van der Waals surface area (Å²) < 4.78 is 0. The van der Waals surface area contributed by atoms with E-state index in [1.54, 1.807) is 29.5 Å². The van der Waals surface area contributed by atoms with Gasteiger partial charge in [-0.2, -0.15) is 0 Å². The van der Waals surface area contributed by atoms with Crippen molar-refractivity contribution in [3.8, 4) is 0 Å². The smallest absolute Gasteiger partial charge is 0.224 e. The van der Waals surface area contributed by atoms with Crippen molar-refractivity contribution in [3.63, 3.8) is 0 Å². The number of aryl methyl sites for hydroxylation is 1. The molecule has 0 atom stereocenters. The van der Waals surface area contributed by atoms with E-state index >= 15 is 0 Å². The molecule has 2 aromatic rings. The topological polar surface area (TPSA) is 29.1 Å². The van der Waals surface area contributed by atoms with E-state index < -0.39 is 0 Å². The van der Waals surface area contributed by atoms with Crippen molar-refractivity contribution < 1.29 is 4.79 Å². The molecule has 2 rings (SSSR count). The van der Waals surface area contributed by atoms with Gasteiger partial charge in [0.05, 0.1) is 0 Å². The molecule has 18 heavy (non-hydrogen) atoms. The first-order valence-corrected chi connectivity index (χ1v) is 7.05. The van der Waals surface area contributed by atoms with Gasteiger partial charge in [0.25, 0.3) is 0 Å². The van der Waals surface area contributed by atoms with Crippen molar-refractivity contribution >= 4 is 46.1 Å². The average Bonchev–Trinajstić information content (AvgIpc) is 2.77. The van der Waals surface area contributed by atoms with Gasteiger partial charge in [0, 0.05) is 27.0 Å². The van der Waals surface area contributed by atoms with Crippen molar-refractivity contribution in [1.29, 1.82) is 0 Å². The average molecular weight is 300 g/mol. The van der Waals surface area contributed by atoms with Gasteiger partial charge in [-0.05, 0) is 36.1 Å². The highest BCUT2D eigenvalue weighted by Gasteiger charge is 2.05. The van der Waals surface area contributed by atoms with Crippen LogP contribution in [0.3, 0.4) is 0 Å². The molecule has 1 heterocycles. The van der Waals surface area contributed by atoms with Crippen molar-refractivity contribution in [2.75, 3.05) is 5.32 Å². The molecular formula is C13H11Cl2NOS. The van der Waals surface area contributed by atoms with Crippen LogP contribution in [0, 0.1) is 0 Å². The molecule has 0 bridgehead atoms. The normalized spacial score (nSPS) is 10.3. The van der Waals surface area contributed by atoms with Gasteiger partial charge in [-0.3, -0.25) is 4.79 Å². The number of nitrogens with one attached hydrogen (secondary N) is 1. The lowest BCUT2D eigenvalue weighted by molar-refractivity contribution is -0.116. The van der Waals surface area contributed by atoms with Gasteiger partial charge < -0.3 is 5.32 Å². The highest BCUT2D eigenvalue weighted by Crippen LogP contribution is 2.22. The second-order valence-corrected chi connectivity index (χ2v) is 5.69. The van der Waals surface area contributed by atoms with Crippen LogP contribution in [0.4, 0.5) is 5.69 Å². The number of amides is 1. The number of halogens is 2. The Labute approximate surface area is 120 Å². The molecule has 0 aliphatic carbocycles. The van der Waals surface area contributed by atoms with Crippen molar-refractivity contribution in [2.24, 2.45) is 0 Å². The Bertz CT molecular complexity index is 520. The quantitative estimate of drug-likeness (QED) is 0.876. The SMILES string of the molecule is O=C(CCc1cccs1)Nc1cc(Cl)cc(Cl)c1. The second kappa shape index (κ2) is 6.23. The van der Waals surface area contributed by atoms with Gasteiger partial charge in [0.2, 0.25) is 5.91 Å². The van der Waals surface area contributed by atoms with E-state index in [0.717, 1.165) is 6.42 Å². The predicted octanol–water partition coefficient (Wildman–Crippen LogP) is 4.63. The number of benzene rings is 1. The molecule has 0 radical (unpaired) electrons. The van der Waals surface area contributed by atoms with Crippen LogP contribution in [0.2, 0.25) is 10.0 Å². The minimum absolute atomic E-state index is 0.0401. The summed E-state index contributed by atoms with van der Waals surface area (Å²) in [6.07, 6.45) is 1.20. The van der Waals surface area contributed by atoms with Crippen LogP contribution in [0.5, 0.6) is 0 Å². The maximum absolute atomic E-state index is 11.7. The summed E-state index contributed by atoms with van der Waals surface area (Å²) in [6.45, 7) is 0.